The summed E-state index contributed by atoms with van der Waals surface area (Å²) in [5, 5.41) is 8.91. The van der Waals surface area contributed by atoms with Gasteiger partial charge in [0.05, 0.1) is 0 Å². The highest BCUT2D eigenvalue weighted by Crippen LogP contribution is 2.30. The van der Waals surface area contributed by atoms with E-state index in [-0.39, 0.29) is 12.4 Å². The van der Waals surface area contributed by atoms with Gasteiger partial charge in [-0.15, -0.1) is 13.2 Å². The summed E-state index contributed by atoms with van der Waals surface area (Å²) in [5.74, 6) is -0.684. The third kappa shape index (κ3) is 3.93. The van der Waals surface area contributed by atoms with Crippen molar-refractivity contribution in [3.8, 4) is 5.75 Å². The van der Waals surface area contributed by atoms with Crippen molar-refractivity contribution >= 4 is 0 Å². The van der Waals surface area contributed by atoms with Crippen LogP contribution in [0.1, 0.15) is 24.0 Å². The lowest BCUT2D eigenvalue weighted by atomic mass is 9.99. The standard InChI is InChI=1S/C12H14F3O2/c1-3-9-4-5-10(8(2)7-16)6-11(9)17-12(13,14)15/h4-6,8,16H,2-3,7H2,1H3. The smallest absolute Gasteiger partial charge is 0.405 e. The Kier molecular flexibility index (Phi) is 4.40. The van der Waals surface area contributed by atoms with Crippen LogP contribution in [0.5, 0.6) is 5.75 Å². The first kappa shape index (κ1) is 13.8. The van der Waals surface area contributed by atoms with Crippen molar-refractivity contribution in [2.45, 2.75) is 25.6 Å². The van der Waals surface area contributed by atoms with E-state index in [0.29, 0.717) is 17.5 Å². The fraction of sp³-hybridized carbons (Fsp3) is 0.417. The SMILES string of the molecule is [CH2]C(CO)c1ccc(CC)c(OC(F)(F)F)c1. The number of alkyl halides is 3. The van der Waals surface area contributed by atoms with Crippen LogP contribution in [-0.4, -0.2) is 18.1 Å². The minimum Gasteiger partial charge on any atom is -0.405 e. The lowest BCUT2D eigenvalue weighted by Gasteiger charge is -2.15. The predicted octanol–water partition coefficient (Wildman–Crippen LogP) is 3.06. The summed E-state index contributed by atoms with van der Waals surface area (Å²) in [6.07, 6.45) is -4.27. The van der Waals surface area contributed by atoms with Crippen LogP contribution in [0.2, 0.25) is 0 Å². The monoisotopic (exact) mass is 247 g/mol. The van der Waals surface area contributed by atoms with Gasteiger partial charge in [0.1, 0.15) is 5.75 Å². The average Bonchev–Trinajstić information content (AvgIpc) is 2.25. The summed E-state index contributed by atoms with van der Waals surface area (Å²) < 4.78 is 40.5. The maximum Gasteiger partial charge on any atom is 0.573 e. The molecule has 1 N–H and O–H groups in total. The van der Waals surface area contributed by atoms with Crippen molar-refractivity contribution < 1.29 is 23.0 Å². The van der Waals surface area contributed by atoms with Crippen LogP contribution in [0, 0.1) is 6.92 Å². The summed E-state index contributed by atoms with van der Waals surface area (Å²) in [5.41, 5.74) is 0.986. The molecule has 5 heteroatoms. The molecular formula is C12H14F3O2. The zero-order valence-electron chi connectivity index (χ0n) is 9.42. The minimum atomic E-state index is -4.71. The Balaban J connectivity index is 3.06. The van der Waals surface area contributed by atoms with Gasteiger partial charge in [-0.05, 0) is 30.5 Å². The van der Waals surface area contributed by atoms with Gasteiger partial charge in [0.2, 0.25) is 0 Å². The second kappa shape index (κ2) is 5.40. The van der Waals surface area contributed by atoms with Crippen LogP contribution in [0.3, 0.4) is 0 Å². The second-order valence-corrected chi connectivity index (χ2v) is 3.65. The number of hydrogen-bond donors (Lipinski definition) is 1. The first-order valence-corrected chi connectivity index (χ1v) is 5.20. The number of hydrogen-bond acceptors (Lipinski definition) is 2. The lowest BCUT2D eigenvalue weighted by molar-refractivity contribution is -0.274. The minimum absolute atomic E-state index is 0.223. The van der Waals surface area contributed by atoms with E-state index in [9.17, 15) is 13.2 Å². The maximum absolute atomic E-state index is 12.2. The van der Waals surface area contributed by atoms with Crippen molar-refractivity contribution in [1.82, 2.24) is 0 Å². The molecule has 0 aromatic heterocycles. The van der Waals surface area contributed by atoms with Crippen LogP contribution in [0.25, 0.3) is 0 Å². The zero-order chi connectivity index (χ0) is 13.1. The van der Waals surface area contributed by atoms with E-state index >= 15 is 0 Å². The number of benzene rings is 1. The lowest BCUT2D eigenvalue weighted by Crippen LogP contribution is -2.18. The largest absolute Gasteiger partial charge is 0.573 e. The van der Waals surface area contributed by atoms with Gasteiger partial charge in [-0.25, -0.2) is 0 Å². The average molecular weight is 247 g/mol. The van der Waals surface area contributed by atoms with E-state index in [0.717, 1.165) is 0 Å². The fourth-order valence-electron chi connectivity index (χ4n) is 1.44. The van der Waals surface area contributed by atoms with E-state index in [1.807, 2.05) is 0 Å². The highest BCUT2D eigenvalue weighted by molar-refractivity contribution is 5.39. The molecule has 95 valence electrons. The van der Waals surface area contributed by atoms with E-state index in [1.165, 1.54) is 6.07 Å². The molecule has 1 unspecified atom stereocenters. The number of aliphatic hydroxyl groups is 1. The van der Waals surface area contributed by atoms with Crippen LogP contribution in [0.15, 0.2) is 18.2 Å². The molecule has 17 heavy (non-hydrogen) atoms. The molecule has 1 aromatic carbocycles. The molecular weight excluding hydrogens is 233 g/mol. The topological polar surface area (TPSA) is 29.5 Å². The summed E-state index contributed by atoms with van der Waals surface area (Å²) in [4.78, 5) is 0. The van der Waals surface area contributed by atoms with E-state index in [4.69, 9.17) is 5.11 Å². The summed E-state index contributed by atoms with van der Waals surface area (Å²) in [6, 6.07) is 4.49. The number of aryl methyl sites for hydroxylation is 1. The van der Waals surface area contributed by atoms with Crippen LogP contribution < -0.4 is 4.74 Å². The molecule has 0 aliphatic carbocycles. The third-order valence-electron chi connectivity index (χ3n) is 2.39. The Morgan fingerprint density at radius 3 is 2.53 bits per heavy atom. The Morgan fingerprint density at radius 2 is 2.06 bits per heavy atom. The maximum atomic E-state index is 12.2. The van der Waals surface area contributed by atoms with E-state index < -0.39 is 12.3 Å². The summed E-state index contributed by atoms with van der Waals surface area (Å²) in [7, 11) is 0. The highest BCUT2D eigenvalue weighted by atomic mass is 19.4. The fourth-order valence-corrected chi connectivity index (χ4v) is 1.44. The molecule has 0 saturated carbocycles. The molecule has 1 aromatic rings. The summed E-state index contributed by atoms with van der Waals surface area (Å²) in [6.45, 7) is 5.15. The van der Waals surface area contributed by atoms with Gasteiger partial charge in [0, 0.05) is 12.5 Å². The molecule has 0 saturated heterocycles. The molecule has 0 spiro atoms. The first-order chi connectivity index (χ1) is 7.87. The normalized spacial score (nSPS) is 13.5. The van der Waals surface area contributed by atoms with Crippen molar-refractivity contribution in [1.29, 1.82) is 0 Å². The molecule has 1 atom stereocenters. The Labute approximate surface area is 98.0 Å². The van der Waals surface area contributed by atoms with Crippen LogP contribution >= 0.6 is 0 Å². The molecule has 2 nitrogen and oxygen atoms in total. The molecule has 0 bridgehead atoms. The molecule has 0 aliphatic rings. The Morgan fingerprint density at radius 1 is 1.41 bits per heavy atom. The number of rotatable bonds is 4. The van der Waals surface area contributed by atoms with Crippen LogP contribution in [-0.2, 0) is 6.42 Å². The van der Waals surface area contributed by atoms with Gasteiger partial charge in [-0.1, -0.05) is 19.1 Å². The zero-order valence-corrected chi connectivity index (χ0v) is 9.42. The van der Waals surface area contributed by atoms with Crippen molar-refractivity contribution in [2.75, 3.05) is 6.61 Å². The second-order valence-electron chi connectivity index (χ2n) is 3.65. The molecule has 0 heterocycles. The number of ether oxygens (including phenoxy) is 1. The highest BCUT2D eigenvalue weighted by Gasteiger charge is 2.32. The third-order valence-corrected chi connectivity index (χ3v) is 2.39. The van der Waals surface area contributed by atoms with Gasteiger partial charge in [0.15, 0.2) is 0 Å². The predicted molar refractivity (Wildman–Crippen MR) is 57.7 cm³/mol. The molecule has 0 amide bonds. The quantitative estimate of drug-likeness (QED) is 0.886. The van der Waals surface area contributed by atoms with Crippen LogP contribution in [0.4, 0.5) is 13.2 Å². The Bertz CT molecular complexity index is 375. The van der Waals surface area contributed by atoms with Gasteiger partial charge in [0.25, 0.3) is 0 Å². The Hall–Kier alpha value is -1.23. The van der Waals surface area contributed by atoms with E-state index in [1.54, 1.807) is 19.1 Å². The van der Waals surface area contributed by atoms with Crippen molar-refractivity contribution in [3.63, 3.8) is 0 Å². The van der Waals surface area contributed by atoms with Gasteiger partial charge in [-0.3, -0.25) is 0 Å². The summed E-state index contributed by atoms with van der Waals surface area (Å²) >= 11 is 0. The molecule has 1 rings (SSSR count). The van der Waals surface area contributed by atoms with Gasteiger partial charge < -0.3 is 9.84 Å². The van der Waals surface area contributed by atoms with Gasteiger partial charge >= 0.3 is 6.36 Å². The number of halogens is 3. The number of aliphatic hydroxyl groups excluding tert-OH is 1. The van der Waals surface area contributed by atoms with Gasteiger partial charge in [-0.2, -0.15) is 0 Å². The van der Waals surface area contributed by atoms with Crippen molar-refractivity contribution in [2.24, 2.45) is 0 Å². The molecule has 1 radical (unpaired) electrons. The van der Waals surface area contributed by atoms with E-state index in [2.05, 4.69) is 11.7 Å². The molecule has 0 fully saturated rings. The molecule has 0 aliphatic heterocycles. The first-order valence-electron chi connectivity index (χ1n) is 5.20. The van der Waals surface area contributed by atoms with Crippen molar-refractivity contribution in [3.05, 3.63) is 36.2 Å².